The van der Waals surface area contributed by atoms with Crippen molar-refractivity contribution in [2.75, 3.05) is 0 Å². The minimum atomic E-state index is -1.11. The first-order valence-electron chi connectivity index (χ1n) is 8.52. The second kappa shape index (κ2) is 8.16. The normalized spacial score (nSPS) is 16.7. The molecule has 0 heterocycles. The predicted octanol–water partition coefficient (Wildman–Crippen LogP) is 4.81. The van der Waals surface area contributed by atoms with Gasteiger partial charge in [0.25, 0.3) is 0 Å². The van der Waals surface area contributed by atoms with Crippen molar-refractivity contribution in [3.63, 3.8) is 0 Å². The average molecular weight is 320 g/mol. The molecule has 0 bridgehead atoms. The molecule has 1 atom stereocenters. The van der Waals surface area contributed by atoms with Gasteiger partial charge in [-0.25, -0.2) is 0 Å². The molecule has 0 fully saturated rings. The Kier molecular flexibility index (Phi) is 6.51. The lowest BCUT2D eigenvalue weighted by molar-refractivity contribution is 0.561. The summed E-state index contributed by atoms with van der Waals surface area (Å²) in [5.74, 6) is 0. The zero-order chi connectivity index (χ0) is 16.0. The second-order valence-corrected chi connectivity index (χ2v) is 9.09. The second-order valence-electron chi connectivity index (χ2n) is 7.16. The topological polar surface area (TPSA) is 35.4 Å². The van der Waals surface area contributed by atoms with Crippen molar-refractivity contribution in [3.05, 3.63) is 34.9 Å². The fourth-order valence-corrected chi connectivity index (χ4v) is 3.48. The average Bonchev–Trinajstić information content (AvgIpc) is 2.49. The van der Waals surface area contributed by atoms with E-state index in [2.05, 4.69) is 22.6 Å². The number of hydrogen-bond acceptors (Lipinski definition) is 2. The van der Waals surface area contributed by atoms with E-state index in [1.54, 1.807) is 16.7 Å². The van der Waals surface area contributed by atoms with E-state index in [-0.39, 0.29) is 4.75 Å². The van der Waals surface area contributed by atoms with Crippen LogP contribution in [0.15, 0.2) is 22.6 Å². The van der Waals surface area contributed by atoms with Crippen LogP contribution in [0.3, 0.4) is 0 Å². The van der Waals surface area contributed by atoms with Gasteiger partial charge < -0.3 is 4.55 Å². The van der Waals surface area contributed by atoms with Crippen molar-refractivity contribution in [2.45, 2.75) is 76.9 Å². The lowest BCUT2D eigenvalue weighted by Crippen LogP contribution is -2.25. The van der Waals surface area contributed by atoms with Crippen LogP contribution in [-0.2, 0) is 30.6 Å². The number of fused-ring (bicyclic) bond motifs is 1. The van der Waals surface area contributed by atoms with E-state index in [1.165, 1.54) is 38.5 Å². The van der Waals surface area contributed by atoms with Gasteiger partial charge in [-0.2, -0.15) is 0 Å². The van der Waals surface area contributed by atoms with Crippen LogP contribution in [0, 0.1) is 0 Å². The summed E-state index contributed by atoms with van der Waals surface area (Å²) < 4.78 is 15.7. The third-order valence-electron chi connectivity index (χ3n) is 4.22. The molecule has 0 aliphatic heterocycles. The zero-order valence-corrected chi connectivity index (χ0v) is 15.0. The molecule has 0 radical (unpaired) electrons. The summed E-state index contributed by atoms with van der Waals surface area (Å²) >= 11 is -1.11. The lowest BCUT2D eigenvalue weighted by Gasteiger charge is -2.19. The van der Waals surface area contributed by atoms with Crippen molar-refractivity contribution < 1.29 is 4.55 Å². The maximum absolute atomic E-state index is 11.8. The Morgan fingerprint density at radius 3 is 2.73 bits per heavy atom. The predicted molar refractivity (Wildman–Crippen MR) is 97.0 cm³/mol. The van der Waals surface area contributed by atoms with Gasteiger partial charge in [0.2, 0.25) is 0 Å². The molecule has 122 valence electrons. The molecule has 3 heteroatoms. The summed E-state index contributed by atoms with van der Waals surface area (Å²) in [6, 6.07) is 6.81. The van der Waals surface area contributed by atoms with E-state index in [4.69, 9.17) is 0 Å². The summed E-state index contributed by atoms with van der Waals surface area (Å²) in [6.07, 6.45) is 11.5. The van der Waals surface area contributed by atoms with Gasteiger partial charge in [-0.1, -0.05) is 22.6 Å². The minimum Gasteiger partial charge on any atom is -0.591 e. The Labute approximate surface area is 138 Å². The molecule has 0 spiro atoms. The largest absolute Gasteiger partial charge is 0.591 e. The molecule has 0 aromatic heterocycles. The van der Waals surface area contributed by atoms with Crippen LogP contribution in [0.2, 0.25) is 0 Å². The first-order valence-corrected chi connectivity index (χ1v) is 9.63. The van der Waals surface area contributed by atoms with Crippen molar-refractivity contribution in [1.82, 2.24) is 0 Å². The lowest BCUT2D eigenvalue weighted by atomic mass is 9.87. The van der Waals surface area contributed by atoms with E-state index in [0.29, 0.717) is 0 Å². The van der Waals surface area contributed by atoms with Gasteiger partial charge in [-0.3, -0.25) is 0 Å². The van der Waals surface area contributed by atoms with Crippen molar-refractivity contribution in [2.24, 2.45) is 4.40 Å². The Bertz CT molecular complexity index is 505. The maximum atomic E-state index is 11.8. The molecule has 1 aliphatic rings. The van der Waals surface area contributed by atoms with Gasteiger partial charge in [0, 0.05) is 0 Å². The molecule has 1 aromatic carbocycles. The van der Waals surface area contributed by atoms with Crippen molar-refractivity contribution in [3.8, 4) is 0 Å². The summed E-state index contributed by atoms with van der Waals surface area (Å²) in [5, 5.41) is 0. The molecule has 0 saturated heterocycles. The summed E-state index contributed by atoms with van der Waals surface area (Å²) in [5.41, 5.74) is 4.74. The Morgan fingerprint density at radius 1 is 1.18 bits per heavy atom. The molecular formula is C19H29NOS. The van der Waals surface area contributed by atoms with Crippen molar-refractivity contribution in [1.29, 1.82) is 0 Å². The highest BCUT2D eigenvalue weighted by atomic mass is 32.2. The molecule has 0 amide bonds. The van der Waals surface area contributed by atoms with Crippen LogP contribution in [0.25, 0.3) is 0 Å². The molecule has 22 heavy (non-hydrogen) atoms. The van der Waals surface area contributed by atoms with Crippen LogP contribution in [0.4, 0.5) is 0 Å². The maximum Gasteiger partial charge on any atom is 0.144 e. The van der Waals surface area contributed by atoms with Gasteiger partial charge in [0.15, 0.2) is 0 Å². The van der Waals surface area contributed by atoms with Crippen LogP contribution >= 0.6 is 0 Å². The first-order chi connectivity index (χ1) is 10.5. The monoisotopic (exact) mass is 319 g/mol. The fourth-order valence-electron chi connectivity index (χ4n) is 2.92. The fraction of sp³-hybridized carbons (Fsp3) is 0.632. The smallest absolute Gasteiger partial charge is 0.144 e. The highest BCUT2D eigenvalue weighted by Crippen LogP contribution is 2.25. The van der Waals surface area contributed by atoms with Gasteiger partial charge in [-0.05, 0) is 88.8 Å². The van der Waals surface area contributed by atoms with Gasteiger partial charge in [0.05, 0.1) is 6.21 Å². The summed E-state index contributed by atoms with van der Waals surface area (Å²) in [7, 11) is 0. The zero-order valence-electron chi connectivity index (χ0n) is 14.2. The summed E-state index contributed by atoms with van der Waals surface area (Å²) in [6.45, 7) is 5.87. The third kappa shape index (κ3) is 5.13. The third-order valence-corrected chi connectivity index (χ3v) is 5.60. The summed E-state index contributed by atoms with van der Waals surface area (Å²) in [4.78, 5) is 0. The first kappa shape index (κ1) is 17.6. The number of aryl methyl sites for hydroxylation is 2. The molecular weight excluding hydrogens is 290 g/mol. The van der Waals surface area contributed by atoms with Crippen LogP contribution in [0.5, 0.6) is 0 Å². The number of rotatable bonds is 6. The highest BCUT2D eigenvalue weighted by Gasteiger charge is 2.25. The SMILES string of the molecule is CC(C)(C)[S+]([O-])N=CCCCCc1cccc2c1CCCC2. The van der Waals surface area contributed by atoms with Crippen LogP contribution < -0.4 is 0 Å². The molecule has 1 unspecified atom stereocenters. The van der Waals surface area contributed by atoms with E-state index in [9.17, 15) is 4.55 Å². The van der Waals surface area contributed by atoms with Gasteiger partial charge in [-0.15, -0.1) is 0 Å². The number of nitrogens with zero attached hydrogens (tertiary/aromatic N) is 1. The van der Waals surface area contributed by atoms with Gasteiger partial charge in [0.1, 0.15) is 16.1 Å². The Balaban J connectivity index is 1.75. The van der Waals surface area contributed by atoms with Crippen LogP contribution in [0.1, 0.15) is 69.6 Å². The Hall–Kier alpha value is -0.800. The molecule has 1 aliphatic carbocycles. The Morgan fingerprint density at radius 2 is 1.95 bits per heavy atom. The van der Waals surface area contributed by atoms with E-state index in [0.717, 1.165) is 12.8 Å². The number of hydrogen-bond donors (Lipinski definition) is 0. The van der Waals surface area contributed by atoms with E-state index in [1.807, 2.05) is 27.0 Å². The standard InChI is InChI=1S/C19H29NOS/c1-19(2,3)22(21)20-15-8-4-5-10-16-12-9-13-17-11-6-7-14-18(16)17/h9,12-13,15H,4-8,10-11,14H2,1-3H3. The number of benzene rings is 1. The molecule has 1 aromatic rings. The quantitative estimate of drug-likeness (QED) is 0.421. The van der Waals surface area contributed by atoms with Crippen molar-refractivity contribution >= 4 is 17.6 Å². The molecule has 0 N–H and O–H groups in total. The minimum absolute atomic E-state index is 0.250. The number of unbranched alkanes of at least 4 members (excludes halogenated alkanes) is 2. The molecule has 2 rings (SSSR count). The molecule has 2 nitrogen and oxygen atoms in total. The highest BCUT2D eigenvalue weighted by molar-refractivity contribution is 7.91. The van der Waals surface area contributed by atoms with E-state index < -0.39 is 11.4 Å². The van der Waals surface area contributed by atoms with Crippen LogP contribution in [-0.4, -0.2) is 15.5 Å². The van der Waals surface area contributed by atoms with Gasteiger partial charge >= 0.3 is 0 Å². The van der Waals surface area contributed by atoms with E-state index >= 15 is 0 Å². The molecule has 0 saturated carbocycles.